The average molecular weight is 297 g/mol. The van der Waals surface area contributed by atoms with E-state index < -0.39 is 0 Å². The van der Waals surface area contributed by atoms with Crippen LogP contribution in [0.1, 0.15) is 16.9 Å². The van der Waals surface area contributed by atoms with E-state index in [9.17, 15) is 4.79 Å². The molecule has 0 saturated heterocycles. The molecule has 0 aliphatic heterocycles. The Kier molecular flexibility index (Phi) is 4.21. The highest BCUT2D eigenvalue weighted by molar-refractivity contribution is 7.09. The van der Waals surface area contributed by atoms with Crippen LogP contribution in [0.4, 0.5) is 0 Å². The topological polar surface area (TPSA) is 54.9 Å². The molecule has 106 valence electrons. The standard InChI is InChI=1S/C16H15N3OS/c20-16(6-4-13-2-1-9-21-13)19-11-12-3-5-14-15(10-12)18-8-7-17-14/h1-3,5,7-10H,4,6,11H2,(H,19,20). The largest absolute Gasteiger partial charge is 0.352 e. The van der Waals surface area contributed by atoms with Crippen molar-refractivity contribution in [1.29, 1.82) is 0 Å². The van der Waals surface area contributed by atoms with E-state index in [1.54, 1.807) is 23.7 Å². The summed E-state index contributed by atoms with van der Waals surface area (Å²) in [5.74, 6) is 0.0719. The van der Waals surface area contributed by atoms with Crippen LogP contribution >= 0.6 is 11.3 Å². The number of aromatic nitrogens is 2. The molecule has 0 saturated carbocycles. The second kappa shape index (κ2) is 6.45. The molecule has 0 spiro atoms. The quantitative estimate of drug-likeness (QED) is 0.787. The highest BCUT2D eigenvalue weighted by atomic mass is 32.1. The summed E-state index contributed by atoms with van der Waals surface area (Å²) in [5, 5.41) is 4.97. The Morgan fingerprint density at radius 2 is 2.00 bits per heavy atom. The van der Waals surface area contributed by atoms with Gasteiger partial charge in [0.1, 0.15) is 0 Å². The number of hydrogen-bond donors (Lipinski definition) is 1. The van der Waals surface area contributed by atoms with Gasteiger partial charge in [0, 0.05) is 30.2 Å². The fraction of sp³-hybridized carbons (Fsp3) is 0.188. The Balaban J connectivity index is 1.54. The second-order valence-electron chi connectivity index (χ2n) is 4.74. The first-order valence-corrected chi connectivity index (χ1v) is 7.68. The first-order valence-electron chi connectivity index (χ1n) is 6.80. The summed E-state index contributed by atoms with van der Waals surface area (Å²) in [6, 6.07) is 9.92. The zero-order valence-corrected chi connectivity index (χ0v) is 12.3. The van der Waals surface area contributed by atoms with Crippen molar-refractivity contribution in [3.8, 4) is 0 Å². The number of carbonyl (C=O) groups excluding carboxylic acids is 1. The molecule has 2 heterocycles. The van der Waals surface area contributed by atoms with E-state index in [1.807, 2.05) is 29.6 Å². The van der Waals surface area contributed by atoms with Crippen LogP contribution in [0.5, 0.6) is 0 Å². The van der Waals surface area contributed by atoms with Gasteiger partial charge in [-0.25, -0.2) is 0 Å². The van der Waals surface area contributed by atoms with Gasteiger partial charge in [0.15, 0.2) is 0 Å². The Labute approximate surface area is 126 Å². The predicted octanol–water partition coefficient (Wildman–Crippen LogP) is 2.94. The van der Waals surface area contributed by atoms with Crippen molar-refractivity contribution in [3.63, 3.8) is 0 Å². The van der Waals surface area contributed by atoms with Crippen LogP contribution in [-0.2, 0) is 17.8 Å². The Hall–Kier alpha value is -2.27. The minimum atomic E-state index is 0.0719. The van der Waals surface area contributed by atoms with Gasteiger partial charge < -0.3 is 5.32 Å². The molecule has 1 amide bonds. The number of nitrogens with zero attached hydrogens (tertiary/aromatic N) is 2. The van der Waals surface area contributed by atoms with Gasteiger partial charge in [0.05, 0.1) is 11.0 Å². The molecule has 0 unspecified atom stereocenters. The van der Waals surface area contributed by atoms with Crippen LogP contribution in [0.3, 0.4) is 0 Å². The summed E-state index contributed by atoms with van der Waals surface area (Å²) in [6.45, 7) is 0.524. The molecule has 4 nitrogen and oxygen atoms in total. The van der Waals surface area contributed by atoms with Crippen molar-refractivity contribution >= 4 is 28.3 Å². The van der Waals surface area contributed by atoms with Crippen LogP contribution < -0.4 is 5.32 Å². The molecular formula is C16H15N3OS. The van der Waals surface area contributed by atoms with E-state index in [0.717, 1.165) is 23.0 Å². The lowest BCUT2D eigenvalue weighted by Crippen LogP contribution is -2.22. The lowest BCUT2D eigenvalue weighted by atomic mass is 10.2. The number of rotatable bonds is 5. The number of aryl methyl sites for hydroxylation is 1. The maximum absolute atomic E-state index is 11.8. The lowest BCUT2D eigenvalue weighted by molar-refractivity contribution is -0.121. The molecule has 0 aliphatic carbocycles. The number of thiophene rings is 1. The van der Waals surface area contributed by atoms with Gasteiger partial charge in [0.2, 0.25) is 5.91 Å². The van der Waals surface area contributed by atoms with E-state index in [0.29, 0.717) is 13.0 Å². The SMILES string of the molecule is O=C(CCc1cccs1)NCc1ccc2nccnc2c1. The van der Waals surface area contributed by atoms with Crippen LogP contribution in [0, 0.1) is 0 Å². The van der Waals surface area contributed by atoms with Gasteiger partial charge in [0.25, 0.3) is 0 Å². The van der Waals surface area contributed by atoms with Gasteiger partial charge in [-0.15, -0.1) is 11.3 Å². The molecule has 3 rings (SSSR count). The lowest BCUT2D eigenvalue weighted by Gasteiger charge is -2.05. The van der Waals surface area contributed by atoms with E-state index in [4.69, 9.17) is 0 Å². The molecule has 2 aromatic heterocycles. The molecule has 0 radical (unpaired) electrons. The number of amides is 1. The minimum absolute atomic E-state index is 0.0719. The Bertz CT molecular complexity index is 740. The van der Waals surface area contributed by atoms with E-state index in [-0.39, 0.29) is 5.91 Å². The number of hydrogen-bond acceptors (Lipinski definition) is 4. The fourth-order valence-electron chi connectivity index (χ4n) is 2.10. The summed E-state index contributed by atoms with van der Waals surface area (Å²) < 4.78 is 0. The number of benzene rings is 1. The van der Waals surface area contributed by atoms with Crippen molar-refractivity contribution in [2.24, 2.45) is 0 Å². The van der Waals surface area contributed by atoms with Gasteiger partial charge in [-0.2, -0.15) is 0 Å². The molecular weight excluding hydrogens is 282 g/mol. The summed E-state index contributed by atoms with van der Waals surface area (Å²) in [4.78, 5) is 21.6. The Morgan fingerprint density at radius 1 is 1.14 bits per heavy atom. The molecule has 21 heavy (non-hydrogen) atoms. The smallest absolute Gasteiger partial charge is 0.220 e. The first kappa shape index (κ1) is 13.7. The number of nitrogens with one attached hydrogen (secondary N) is 1. The normalized spacial score (nSPS) is 10.7. The summed E-state index contributed by atoms with van der Waals surface area (Å²) in [5.41, 5.74) is 2.75. The highest BCUT2D eigenvalue weighted by Gasteiger charge is 2.04. The van der Waals surface area contributed by atoms with E-state index in [2.05, 4.69) is 21.4 Å². The second-order valence-corrected chi connectivity index (χ2v) is 5.77. The van der Waals surface area contributed by atoms with Crippen LogP contribution in [0.15, 0.2) is 48.1 Å². The summed E-state index contributed by atoms with van der Waals surface area (Å²) in [7, 11) is 0. The summed E-state index contributed by atoms with van der Waals surface area (Å²) >= 11 is 1.69. The van der Waals surface area contributed by atoms with Crippen molar-refractivity contribution < 1.29 is 4.79 Å². The molecule has 5 heteroatoms. The van der Waals surface area contributed by atoms with Crippen LogP contribution in [-0.4, -0.2) is 15.9 Å². The third kappa shape index (κ3) is 3.64. The van der Waals surface area contributed by atoms with Crippen molar-refractivity contribution in [3.05, 3.63) is 58.5 Å². The van der Waals surface area contributed by atoms with Crippen molar-refractivity contribution in [1.82, 2.24) is 15.3 Å². The zero-order valence-electron chi connectivity index (χ0n) is 11.5. The zero-order chi connectivity index (χ0) is 14.5. The van der Waals surface area contributed by atoms with E-state index in [1.165, 1.54) is 4.88 Å². The third-order valence-corrected chi connectivity index (χ3v) is 4.14. The van der Waals surface area contributed by atoms with Crippen LogP contribution in [0.2, 0.25) is 0 Å². The molecule has 0 atom stereocenters. The molecule has 0 aliphatic rings. The minimum Gasteiger partial charge on any atom is -0.352 e. The highest BCUT2D eigenvalue weighted by Crippen LogP contribution is 2.12. The van der Waals surface area contributed by atoms with E-state index >= 15 is 0 Å². The van der Waals surface area contributed by atoms with Crippen molar-refractivity contribution in [2.45, 2.75) is 19.4 Å². The molecule has 1 N–H and O–H groups in total. The van der Waals surface area contributed by atoms with Gasteiger partial charge in [-0.3, -0.25) is 14.8 Å². The first-order chi connectivity index (χ1) is 10.3. The van der Waals surface area contributed by atoms with Gasteiger partial charge >= 0.3 is 0 Å². The molecule has 0 bridgehead atoms. The fourth-order valence-corrected chi connectivity index (χ4v) is 2.81. The predicted molar refractivity (Wildman–Crippen MR) is 84.0 cm³/mol. The monoisotopic (exact) mass is 297 g/mol. The van der Waals surface area contributed by atoms with Crippen LogP contribution in [0.25, 0.3) is 11.0 Å². The maximum Gasteiger partial charge on any atom is 0.220 e. The molecule has 0 fully saturated rings. The average Bonchev–Trinajstić information content (AvgIpc) is 3.04. The molecule has 3 aromatic rings. The maximum atomic E-state index is 11.8. The number of carbonyl (C=O) groups is 1. The van der Waals surface area contributed by atoms with Crippen molar-refractivity contribution in [2.75, 3.05) is 0 Å². The van der Waals surface area contributed by atoms with Gasteiger partial charge in [-0.05, 0) is 35.6 Å². The molecule has 1 aromatic carbocycles. The van der Waals surface area contributed by atoms with Gasteiger partial charge in [-0.1, -0.05) is 12.1 Å². The third-order valence-electron chi connectivity index (χ3n) is 3.20. The Morgan fingerprint density at radius 3 is 2.81 bits per heavy atom. The number of fused-ring (bicyclic) bond motifs is 1. The summed E-state index contributed by atoms with van der Waals surface area (Å²) in [6.07, 6.45) is 4.67.